The van der Waals surface area contributed by atoms with Crippen molar-refractivity contribution in [1.82, 2.24) is 15.3 Å². The van der Waals surface area contributed by atoms with E-state index in [2.05, 4.69) is 29.1 Å². The summed E-state index contributed by atoms with van der Waals surface area (Å²) in [6.45, 7) is 5.80. The Labute approximate surface area is 127 Å². The maximum atomic E-state index is 12.4. The number of carbonyl (C=O) groups is 1. The van der Waals surface area contributed by atoms with Crippen molar-refractivity contribution in [3.63, 3.8) is 0 Å². The minimum absolute atomic E-state index is 0.0716. The summed E-state index contributed by atoms with van der Waals surface area (Å²) in [7, 11) is 0. The molecular weight excluding hydrogens is 264 g/mol. The van der Waals surface area contributed by atoms with Crippen LogP contribution in [0.4, 0.5) is 5.95 Å². The first-order valence-corrected chi connectivity index (χ1v) is 8.13. The summed E-state index contributed by atoms with van der Waals surface area (Å²) in [6.07, 6.45) is 8.82. The van der Waals surface area contributed by atoms with E-state index in [0.717, 1.165) is 25.9 Å². The Kier molecular flexibility index (Phi) is 5.96. The van der Waals surface area contributed by atoms with Crippen LogP contribution in [-0.2, 0) is 0 Å². The van der Waals surface area contributed by atoms with E-state index < -0.39 is 0 Å². The minimum atomic E-state index is -0.0716. The van der Waals surface area contributed by atoms with Crippen LogP contribution in [0.25, 0.3) is 0 Å². The van der Waals surface area contributed by atoms with Crippen LogP contribution in [-0.4, -0.2) is 35.0 Å². The van der Waals surface area contributed by atoms with Gasteiger partial charge < -0.3 is 10.2 Å². The van der Waals surface area contributed by atoms with Crippen LogP contribution < -0.4 is 10.2 Å². The maximum Gasteiger partial charge on any atom is 0.270 e. The van der Waals surface area contributed by atoms with Gasteiger partial charge in [-0.3, -0.25) is 4.79 Å². The fraction of sp³-hybridized carbons (Fsp3) is 0.688. The number of nitrogens with zero attached hydrogens (tertiary/aromatic N) is 3. The number of hydrogen-bond donors (Lipinski definition) is 1. The molecule has 1 N–H and O–H groups in total. The van der Waals surface area contributed by atoms with E-state index in [1.165, 1.54) is 25.7 Å². The number of rotatable bonds is 5. The monoisotopic (exact) mass is 290 g/mol. The van der Waals surface area contributed by atoms with E-state index >= 15 is 0 Å². The second-order valence-corrected chi connectivity index (χ2v) is 5.58. The SMILES string of the molecule is CCN(CC)c1nccc(C(=O)NC2CCCCCC2)n1. The molecule has 0 saturated heterocycles. The number of hydrogen-bond acceptors (Lipinski definition) is 4. The first kappa shape index (κ1) is 15.7. The molecule has 1 aliphatic rings. The second-order valence-electron chi connectivity index (χ2n) is 5.58. The van der Waals surface area contributed by atoms with Crippen molar-refractivity contribution >= 4 is 11.9 Å². The van der Waals surface area contributed by atoms with Crippen molar-refractivity contribution in [3.05, 3.63) is 18.0 Å². The summed E-state index contributed by atoms with van der Waals surface area (Å²) in [4.78, 5) is 23.1. The summed E-state index contributed by atoms with van der Waals surface area (Å²) < 4.78 is 0. The van der Waals surface area contributed by atoms with Crippen molar-refractivity contribution in [3.8, 4) is 0 Å². The highest BCUT2D eigenvalue weighted by molar-refractivity contribution is 5.92. The zero-order valence-electron chi connectivity index (χ0n) is 13.1. The fourth-order valence-electron chi connectivity index (χ4n) is 2.82. The topological polar surface area (TPSA) is 58.1 Å². The van der Waals surface area contributed by atoms with E-state index in [-0.39, 0.29) is 5.91 Å². The highest BCUT2D eigenvalue weighted by Crippen LogP contribution is 2.17. The van der Waals surface area contributed by atoms with Crippen LogP contribution in [0.15, 0.2) is 12.3 Å². The van der Waals surface area contributed by atoms with Gasteiger partial charge in [-0.15, -0.1) is 0 Å². The Morgan fingerprint density at radius 3 is 2.52 bits per heavy atom. The van der Waals surface area contributed by atoms with Crippen LogP contribution in [0.3, 0.4) is 0 Å². The second kappa shape index (κ2) is 7.96. The first-order valence-electron chi connectivity index (χ1n) is 8.13. The number of amides is 1. The molecule has 0 unspecified atom stereocenters. The molecular formula is C16H26N4O. The van der Waals surface area contributed by atoms with Crippen LogP contribution >= 0.6 is 0 Å². The quantitative estimate of drug-likeness (QED) is 0.847. The largest absolute Gasteiger partial charge is 0.348 e. The molecule has 21 heavy (non-hydrogen) atoms. The predicted octanol–water partition coefficient (Wildman–Crippen LogP) is 2.78. The number of nitrogens with one attached hydrogen (secondary N) is 1. The highest BCUT2D eigenvalue weighted by Gasteiger charge is 2.17. The summed E-state index contributed by atoms with van der Waals surface area (Å²) in [5.74, 6) is 0.561. The van der Waals surface area contributed by atoms with E-state index in [4.69, 9.17) is 0 Å². The molecule has 1 aromatic rings. The third-order valence-corrected chi connectivity index (χ3v) is 4.11. The molecule has 1 fully saturated rings. The van der Waals surface area contributed by atoms with Gasteiger partial charge in [0, 0.05) is 25.3 Å². The summed E-state index contributed by atoms with van der Waals surface area (Å²) in [6, 6.07) is 1.99. The lowest BCUT2D eigenvalue weighted by atomic mass is 10.1. The Hall–Kier alpha value is -1.65. The minimum Gasteiger partial charge on any atom is -0.348 e. The molecule has 0 aromatic carbocycles. The molecule has 0 spiro atoms. The van der Waals surface area contributed by atoms with Gasteiger partial charge in [-0.2, -0.15) is 0 Å². The normalized spacial score (nSPS) is 16.3. The van der Waals surface area contributed by atoms with Gasteiger partial charge >= 0.3 is 0 Å². The zero-order chi connectivity index (χ0) is 15.1. The first-order chi connectivity index (χ1) is 10.2. The number of anilines is 1. The predicted molar refractivity (Wildman–Crippen MR) is 84.5 cm³/mol. The Bertz CT molecular complexity index is 451. The highest BCUT2D eigenvalue weighted by atomic mass is 16.1. The lowest BCUT2D eigenvalue weighted by Gasteiger charge is -2.19. The molecule has 0 radical (unpaired) electrons. The standard InChI is InChI=1S/C16H26N4O/c1-3-20(4-2)16-17-12-11-14(19-16)15(21)18-13-9-7-5-6-8-10-13/h11-13H,3-10H2,1-2H3,(H,18,21). The molecule has 1 aromatic heterocycles. The molecule has 5 nitrogen and oxygen atoms in total. The lowest BCUT2D eigenvalue weighted by molar-refractivity contribution is 0.0928. The zero-order valence-corrected chi connectivity index (χ0v) is 13.1. The van der Waals surface area contributed by atoms with Crippen molar-refractivity contribution in [2.24, 2.45) is 0 Å². The molecule has 5 heteroatoms. The van der Waals surface area contributed by atoms with Crippen molar-refractivity contribution < 1.29 is 4.79 Å². The molecule has 1 heterocycles. The summed E-state index contributed by atoms with van der Waals surface area (Å²) in [5.41, 5.74) is 0.469. The Morgan fingerprint density at radius 1 is 1.24 bits per heavy atom. The third kappa shape index (κ3) is 4.41. The van der Waals surface area contributed by atoms with Gasteiger partial charge in [0.2, 0.25) is 5.95 Å². The molecule has 116 valence electrons. The van der Waals surface area contributed by atoms with Gasteiger partial charge in [0.25, 0.3) is 5.91 Å². The van der Waals surface area contributed by atoms with E-state index in [9.17, 15) is 4.79 Å². The van der Waals surface area contributed by atoms with Gasteiger partial charge in [0.1, 0.15) is 5.69 Å². The molecule has 1 saturated carbocycles. The van der Waals surface area contributed by atoms with Crippen molar-refractivity contribution in [2.45, 2.75) is 58.4 Å². The van der Waals surface area contributed by atoms with Crippen LogP contribution in [0.1, 0.15) is 62.9 Å². The maximum absolute atomic E-state index is 12.4. The Morgan fingerprint density at radius 2 is 1.90 bits per heavy atom. The van der Waals surface area contributed by atoms with Gasteiger partial charge in [0.05, 0.1) is 0 Å². The molecule has 0 bridgehead atoms. The van der Waals surface area contributed by atoms with Gasteiger partial charge in [0.15, 0.2) is 0 Å². The van der Waals surface area contributed by atoms with Crippen LogP contribution in [0, 0.1) is 0 Å². The van der Waals surface area contributed by atoms with E-state index in [1.54, 1.807) is 12.3 Å². The number of carbonyl (C=O) groups excluding carboxylic acids is 1. The molecule has 0 aliphatic heterocycles. The lowest BCUT2D eigenvalue weighted by Crippen LogP contribution is -2.35. The average Bonchev–Trinajstić information content (AvgIpc) is 2.77. The van der Waals surface area contributed by atoms with Crippen molar-refractivity contribution in [2.75, 3.05) is 18.0 Å². The fourth-order valence-corrected chi connectivity index (χ4v) is 2.82. The summed E-state index contributed by atoms with van der Waals surface area (Å²) in [5, 5.41) is 3.13. The smallest absolute Gasteiger partial charge is 0.270 e. The van der Waals surface area contributed by atoms with Crippen LogP contribution in [0.5, 0.6) is 0 Å². The molecule has 1 amide bonds. The average molecular weight is 290 g/mol. The Balaban J connectivity index is 2.03. The van der Waals surface area contributed by atoms with E-state index in [0.29, 0.717) is 17.7 Å². The molecule has 1 aliphatic carbocycles. The van der Waals surface area contributed by atoms with Gasteiger partial charge in [-0.25, -0.2) is 9.97 Å². The van der Waals surface area contributed by atoms with Gasteiger partial charge in [-0.05, 0) is 32.8 Å². The van der Waals surface area contributed by atoms with Crippen molar-refractivity contribution in [1.29, 1.82) is 0 Å². The molecule has 0 atom stereocenters. The third-order valence-electron chi connectivity index (χ3n) is 4.11. The van der Waals surface area contributed by atoms with Gasteiger partial charge in [-0.1, -0.05) is 25.7 Å². The molecule has 2 rings (SSSR count). The van der Waals surface area contributed by atoms with Crippen LogP contribution in [0.2, 0.25) is 0 Å². The number of aromatic nitrogens is 2. The van der Waals surface area contributed by atoms with E-state index in [1.807, 2.05) is 4.90 Å². The summed E-state index contributed by atoms with van der Waals surface area (Å²) >= 11 is 0.